The van der Waals surface area contributed by atoms with Gasteiger partial charge in [0.05, 0.1) is 29.1 Å². The van der Waals surface area contributed by atoms with Gasteiger partial charge in [-0.05, 0) is 25.1 Å². The fourth-order valence-corrected chi connectivity index (χ4v) is 2.74. The molecule has 8 heteroatoms. The van der Waals surface area contributed by atoms with E-state index < -0.39 is 23.9 Å². The minimum atomic E-state index is -0.801. The Bertz CT molecular complexity index is 1050. The van der Waals surface area contributed by atoms with Crippen LogP contribution in [0, 0.1) is 5.82 Å². The maximum atomic E-state index is 13.7. The monoisotopic (exact) mass is 366 g/mol. The molecule has 0 aliphatic rings. The lowest BCUT2D eigenvalue weighted by Gasteiger charge is -2.12. The maximum absolute atomic E-state index is 13.7. The molecule has 0 aliphatic heterocycles. The molecule has 0 spiro atoms. The Morgan fingerprint density at radius 3 is 2.80 bits per heavy atom. The van der Waals surface area contributed by atoms with Crippen molar-refractivity contribution in [2.75, 3.05) is 13.3 Å². The molecule has 130 valence electrons. The first kappa shape index (κ1) is 17.3. The van der Waals surface area contributed by atoms with E-state index in [2.05, 4.69) is 4.98 Å². The molecule has 0 bridgehead atoms. The quantitative estimate of drug-likeness (QED) is 0.524. The van der Waals surface area contributed by atoms with E-state index in [1.165, 1.54) is 22.9 Å². The first-order chi connectivity index (χ1) is 12.0. The van der Waals surface area contributed by atoms with Gasteiger partial charge < -0.3 is 9.30 Å². The van der Waals surface area contributed by atoms with Crippen molar-refractivity contribution in [1.82, 2.24) is 9.55 Å². The topological polar surface area (TPSA) is 61.2 Å². The number of benzene rings is 1. The predicted octanol–water partition coefficient (Wildman–Crippen LogP) is 3.49. The lowest BCUT2D eigenvalue weighted by Crippen LogP contribution is -2.22. The van der Waals surface area contributed by atoms with E-state index in [-0.39, 0.29) is 34.8 Å². The van der Waals surface area contributed by atoms with Crippen LogP contribution in [-0.2, 0) is 11.3 Å². The number of nitrogens with zero attached hydrogens (tertiary/aromatic N) is 2. The molecule has 0 radical (unpaired) electrons. The summed E-state index contributed by atoms with van der Waals surface area (Å²) in [6.07, 6.45) is 1.23. The Morgan fingerprint density at radius 1 is 1.36 bits per heavy atom. The smallest absolute Gasteiger partial charge is 0.343 e. The van der Waals surface area contributed by atoms with Gasteiger partial charge in [0.15, 0.2) is 0 Å². The number of hydrogen-bond acceptors (Lipinski definition) is 4. The van der Waals surface area contributed by atoms with Crippen molar-refractivity contribution in [2.45, 2.75) is 13.5 Å². The van der Waals surface area contributed by atoms with Crippen LogP contribution < -0.4 is 5.43 Å². The standard InChI is InChI=1S/C17H13ClF2N2O3/c1-2-25-17(24)11-8-22(4-3-19)16-10(15(11)23)5-9-6-13(20)12(18)7-14(9)21-16/h5-8H,2-4H2,1H3. The van der Waals surface area contributed by atoms with Crippen LogP contribution >= 0.6 is 11.6 Å². The number of fused-ring (bicyclic) bond motifs is 2. The molecule has 25 heavy (non-hydrogen) atoms. The molecule has 1 aromatic carbocycles. The van der Waals surface area contributed by atoms with E-state index in [1.54, 1.807) is 6.92 Å². The number of carbonyl (C=O) groups is 1. The number of rotatable bonds is 4. The van der Waals surface area contributed by atoms with Crippen LogP contribution in [0.4, 0.5) is 8.78 Å². The Hall–Kier alpha value is -2.54. The molecule has 0 amide bonds. The molecule has 3 rings (SSSR count). The Balaban J connectivity index is 2.38. The average Bonchev–Trinajstić information content (AvgIpc) is 2.57. The van der Waals surface area contributed by atoms with Crippen molar-refractivity contribution >= 4 is 39.5 Å². The lowest BCUT2D eigenvalue weighted by atomic mass is 10.1. The molecule has 0 unspecified atom stereocenters. The van der Waals surface area contributed by atoms with Crippen LogP contribution in [0.1, 0.15) is 17.3 Å². The Morgan fingerprint density at radius 2 is 2.12 bits per heavy atom. The van der Waals surface area contributed by atoms with Crippen molar-refractivity contribution in [3.8, 4) is 0 Å². The molecule has 2 heterocycles. The van der Waals surface area contributed by atoms with Gasteiger partial charge in [0.1, 0.15) is 23.7 Å². The van der Waals surface area contributed by atoms with Crippen molar-refractivity contribution in [1.29, 1.82) is 0 Å². The zero-order valence-corrected chi connectivity index (χ0v) is 13.9. The van der Waals surface area contributed by atoms with Gasteiger partial charge in [-0.15, -0.1) is 0 Å². The number of hydrogen-bond donors (Lipinski definition) is 0. The highest BCUT2D eigenvalue weighted by molar-refractivity contribution is 6.31. The van der Waals surface area contributed by atoms with Gasteiger partial charge in [0, 0.05) is 11.6 Å². The van der Waals surface area contributed by atoms with E-state index in [0.717, 1.165) is 6.07 Å². The number of ether oxygens (including phenoxy) is 1. The molecule has 0 saturated carbocycles. The van der Waals surface area contributed by atoms with Crippen molar-refractivity contribution in [3.63, 3.8) is 0 Å². The second-order valence-corrected chi connectivity index (χ2v) is 5.70. The summed E-state index contributed by atoms with van der Waals surface area (Å²) in [5.74, 6) is -1.45. The first-order valence-corrected chi connectivity index (χ1v) is 7.90. The number of pyridine rings is 2. The number of esters is 1. The second kappa shape index (κ2) is 6.76. The molecule has 0 fully saturated rings. The lowest BCUT2D eigenvalue weighted by molar-refractivity contribution is 0.0524. The van der Waals surface area contributed by atoms with E-state index in [0.29, 0.717) is 10.9 Å². The molecule has 0 atom stereocenters. The maximum Gasteiger partial charge on any atom is 0.343 e. The molecule has 2 aromatic heterocycles. The van der Waals surface area contributed by atoms with Crippen LogP contribution in [-0.4, -0.2) is 28.8 Å². The average molecular weight is 367 g/mol. The first-order valence-electron chi connectivity index (χ1n) is 7.52. The summed E-state index contributed by atoms with van der Waals surface area (Å²) in [5.41, 5.74) is -0.285. The Labute approximate surface area is 145 Å². The molecule has 0 saturated heterocycles. The molecule has 0 N–H and O–H groups in total. The van der Waals surface area contributed by atoms with Crippen LogP contribution in [0.25, 0.3) is 21.9 Å². The number of carbonyl (C=O) groups excluding carboxylic acids is 1. The van der Waals surface area contributed by atoms with Gasteiger partial charge in [0.25, 0.3) is 0 Å². The SMILES string of the molecule is CCOC(=O)c1cn(CCF)c2nc3cc(Cl)c(F)cc3cc2c1=O. The fraction of sp³-hybridized carbons (Fsp3) is 0.235. The summed E-state index contributed by atoms with van der Waals surface area (Å²) >= 11 is 5.77. The van der Waals surface area contributed by atoms with E-state index in [9.17, 15) is 18.4 Å². The third-order valence-electron chi connectivity index (χ3n) is 3.70. The molecule has 3 aromatic rings. The van der Waals surface area contributed by atoms with Gasteiger partial charge in [-0.2, -0.15) is 0 Å². The van der Waals surface area contributed by atoms with E-state index >= 15 is 0 Å². The fourth-order valence-electron chi connectivity index (χ4n) is 2.58. The third kappa shape index (κ3) is 3.07. The van der Waals surface area contributed by atoms with Gasteiger partial charge in [-0.25, -0.2) is 18.6 Å². The largest absolute Gasteiger partial charge is 0.462 e. The van der Waals surface area contributed by atoms with Crippen molar-refractivity contribution in [2.24, 2.45) is 0 Å². The third-order valence-corrected chi connectivity index (χ3v) is 3.99. The van der Waals surface area contributed by atoms with Crippen LogP contribution in [0.15, 0.2) is 29.2 Å². The summed E-state index contributed by atoms with van der Waals surface area (Å²) in [7, 11) is 0. The summed E-state index contributed by atoms with van der Waals surface area (Å²) in [6, 6.07) is 3.89. The predicted molar refractivity (Wildman–Crippen MR) is 90.4 cm³/mol. The van der Waals surface area contributed by atoms with E-state index in [4.69, 9.17) is 16.3 Å². The number of aryl methyl sites for hydroxylation is 1. The summed E-state index contributed by atoms with van der Waals surface area (Å²) < 4.78 is 32.8. The van der Waals surface area contributed by atoms with Gasteiger partial charge in [-0.3, -0.25) is 4.79 Å². The highest BCUT2D eigenvalue weighted by Crippen LogP contribution is 2.24. The van der Waals surface area contributed by atoms with Crippen molar-refractivity contribution in [3.05, 3.63) is 51.0 Å². The number of alkyl halides is 1. The number of halogens is 3. The molecular formula is C17H13ClF2N2O3. The van der Waals surface area contributed by atoms with Crippen molar-refractivity contribution < 1.29 is 18.3 Å². The summed E-state index contributed by atoms with van der Waals surface area (Å²) in [4.78, 5) is 28.9. The molecular weight excluding hydrogens is 354 g/mol. The van der Waals surface area contributed by atoms with Gasteiger partial charge in [0.2, 0.25) is 5.43 Å². The van der Waals surface area contributed by atoms with Crippen LogP contribution in [0.2, 0.25) is 5.02 Å². The zero-order valence-electron chi connectivity index (χ0n) is 13.2. The highest BCUT2D eigenvalue weighted by Gasteiger charge is 2.18. The normalized spacial score (nSPS) is 11.2. The minimum Gasteiger partial charge on any atom is -0.462 e. The second-order valence-electron chi connectivity index (χ2n) is 5.29. The molecule has 0 aliphatic carbocycles. The number of aromatic nitrogens is 2. The highest BCUT2D eigenvalue weighted by atomic mass is 35.5. The van der Waals surface area contributed by atoms with E-state index in [1.807, 2.05) is 0 Å². The summed E-state index contributed by atoms with van der Waals surface area (Å²) in [5, 5.41) is 0.314. The van der Waals surface area contributed by atoms with Gasteiger partial charge >= 0.3 is 5.97 Å². The summed E-state index contributed by atoms with van der Waals surface area (Å²) in [6.45, 7) is 0.889. The molecule has 5 nitrogen and oxygen atoms in total. The van der Waals surface area contributed by atoms with Crippen LogP contribution in [0.5, 0.6) is 0 Å². The minimum absolute atomic E-state index is 0.0771. The zero-order chi connectivity index (χ0) is 18.1. The van der Waals surface area contributed by atoms with Gasteiger partial charge in [-0.1, -0.05) is 11.6 Å². The van der Waals surface area contributed by atoms with Crippen LogP contribution in [0.3, 0.4) is 0 Å². The Kier molecular flexibility index (Phi) is 4.67.